The molecule has 0 fully saturated rings. The van der Waals surface area contributed by atoms with Gasteiger partial charge in [0, 0.05) is 34.3 Å². The monoisotopic (exact) mass is 439 g/mol. The standard InChI is InChI=1S/C22H16F3N5O2/c23-14-4-3-10(13-9-28-30-20(13)14)17-12-8-15(32-7-5-16(24)25)21-11(2-1-6-27-21)19(12)29-22(31)18(17)26/h1-4,6,8-9,16H,5,7,26H2,(H,28,30)(H,29,31). The number of aromatic amines is 2. The zero-order valence-corrected chi connectivity index (χ0v) is 16.5. The van der Waals surface area contributed by atoms with E-state index in [-0.39, 0.29) is 23.6 Å². The summed E-state index contributed by atoms with van der Waals surface area (Å²) in [5.41, 5.74) is 7.47. The van der Waals surface area contributed by atoms with Gasteiger partial charge in [0.1, 0.15) is 28.3 Å². The lowest BCUT2D eigenvalue weighted by molar-refractivity contribution is 0.114. The van der Waals surface area contributed by atoms with Crippen molar-refractivity contribution in [1.82, 2.24) is 20.2 Å². The Kier molecular flexibility index (Phi) is 4.69. The topological polar surface area (TPSA) is 110 Å². The van der Waals surface area contributed by atoms with Crippen LogP contribution < -0.4 is 16.0 Å². The minimum absolute atomic E-state index is 0.0756. The molecular formula is C22H16F3N5O2. The molecule has 0 saturated heterocycles. The minimum Gasteiger partial charge on any atom is -0.491 e. The summed E-state index contributed by atoms with van der Waals surface area (Å²) < 4.78 is 45.2. The van der Waals surface area contributed by atoms with Crippen molar-refractivity contribution in [2.45, 2.75) is 12.8 Å². The first kappa shape index (κ1) is 19.9. The summed E-state index contributed by atoms with van der Waals surface area (Å²) in [7, 11) is 0. The number of hydrogen-bond donors (Lipinski definition) is 3. The third-order valence-electron chi connectivity index (χ3n) is 5.30. The zero-order chi connectivity index (χ0) is 22.4. The second-order valence-corrected chi connectivity index (χ2v) is 7.22. The molecule has 0 atom stereocenters. The molecule has 3 heterocycles. The van der Waals surface area contributed by atoms with Gasteiger partial charge in [-0.2, -0.15) is 5.10 Å². The van der Waals surface area contributed by atoms with Crippen molar-refractivity contribution >= 4 is 38.4 Å². The molecule has 0 radical (unpaired) electrons. The number of ether oxygens (including phenoxy) is 1. The highest BCUT2D eigenvalue weighted by Gasteiger charge is 2.20. The molecule has 5 rings (SSSR count). The van der Waals surface area contributed by atoms with Crippen LogP contribution in [0.2, 0.25) is 0 Å². The number of aromatic nitrogens is 4. The number of pyridine rings is 2. The Morgan fingerprint density at radius 1 is 1.12 bits per heavy atom. The molecule has 0 aliphatic rings. The van der Waals surface area contributed by atoms with Crippen molar-refractivity contribution in [3.05, 3.63) is 58.9 Å². The molecule has 4 N–H and O–H groups in total. The van der Waals surface area contributed by atoms with E-state index in [4.69, 9.17) is 10.5 Å². The van der Waals surface area contributed by atoms with Crippen LogP contribution in [0, 0.1) is 5.82 Å². The van der Waals surface area contributed by atoms with Gasteiger partial charge in [0.25, 0.3) is 5.56 Å². The number of nitrogens with one attached hydrogen (secondary N) is 2. The Morgan fingerprint density at radius 3 is 2.78 bits per heavy atom. The molecule has 0 aliphatic carbocycles. The lowest BCUT2D eigenvalue weighted by atomic mass is 9.95. The number of hydrogen-bond acceptors (Lipinski definition) is 5. The Morgan fingerprint density at radius 2 is 1.97 bits per heavy atom. The smallest absolute Gasteiger partial charge is 0.272 e. The van der Waals surface area contributed by atoms with E-state index in [1.54, 1.807) is 24.4 Å². The van der Waals surface area contributed by atoms with Crippen LogP contribution in [0.4, 0.5) is 18.9 Å². The van der Waals surface area contributed by atoms with Crippen molar-refractivity contribution in [3.8, 4) is 16.9 Å². The van der Waals surface area contributed by atoms with Crippen LogP contribution in [-0.4, -0.2) is 33.2 Å². The Hall–Kier alpha value is -4.08. The van der Waals surface area contributed by atoms with Gasteiger partial charge in [0.2, 0.25) is 6.43 Å². The van der Waals surface area contributed by atoms with Crippen molar-refractivity contribution in [2.75, 3.05) is 12.3 Å². The van der Waals surface area contributed by atoms with Crippen LogP contribution in [0.1, 0.15) is 6.42 Å². The highest BCUT2D eigenvalue weighted by atomic mass is 19.3. The van der Waals surface area contributed by atoms with E-state index in [0.717, 1.165) is 0 Å². The van der Waals surface area contributed by atoms with Crippen molar-refractivity contribution in [2.24, 2.45) is 0 Å². The predicted molar refractivity (Wildman–Crippen MR) is 115 cm³/mol. The number of alkyl halides is 2. The van der Waals surface area contributed by atoms with Crippen LogP contribution >= 0.6 is 0 Å². The number of nitrogen functional groups attached to an aromatic ring is 1. The van der Waals surface area contributed by atoms with E-state index >= 15 is 0 Å². The normalized spacial score (nSPS) is 11.8. The summed E-state index contributed by atoms with van der Waals surface area (Å²) in [6.07, 6.45) is 0.0360. The second kappa shape index (κ2) is 7.56. The summed E-state index contributed by atoms with van der Waals surface area (Å²) in [5.74, 6) is -0.230. The number of fused-ring (bicyclic) bond motifs is 4. The van der Waals surface area contributed by atoms with Gasteiger partial charge in [-0.05, 0) is 29.8 Å². The van der Waals surface area contributed by atoms with Gasteiger partial charge in [0.05, 0.1) is 18.3 Å². The number of anilines is 1. The van der Waals surface area contributed by atoms with Crippen LogP contribution in [0.25, 0.3) is 43.8 Å². The summed E-state index contributed by atoms with van der Waals surface area (Å²) in [4.78, 5) is 19.8. The molecule has 0 amide bonds. The Balaban J connectivity index is 1.86. The van der Waals surface area contributed by atoms with E-state index in [0.29, 0.717) is 38.3 Å². The van der Waals surface area contributed by atoms with Gasteiger partial charge in [-0.1, -0.05) is 6.07 Å². The number of halogens is 3. The van der Waals surface area contributed by atoms with E-state index in [2.05, 4.69) is 20.2 Å². The average Bonchev–Trinajstić information content (AvgIpc) is 3.27. The van der Waals surface area contributed by atoms with Gasteiger partial charge in [-0.3, -0.25) is 14.9 Å². The Bertz CT molecular complexity index is 1540. The zero-order valence-electron chi connectivity index (χ0n) is 16.5. The van der Waals surface area contributed by atoms with Crippen LogP contribution in [0.15, 0.2) is 47.5 Å². The van der Waals surface area contributed by atoms with E-state index in [9.17, 15) is 18.0 Å². The molecule has 7 nitrogen and oxygen atoms in total. The maximum atomic E-state index is 14.2. The summed E-state index contributed by atoms with van der Waals surface area (Å²) in [6.45, 7) is -0.217. The number of rotatable bonds is 5. The highest BCUT2D eigenvalue weighted by Crippen LogP contribution is 2.40. The Labute approximate surface area is 178 Å². The van der Waals surface area contributed by atoms with Gasteiger partial charge in [-0.15, -0.1) is 0 Å². The molecule has 162 valence electrons. The van der Waals surface area contributed by atoms with Crippen molar-refractivity contribution in [1.29, 1.82) is 0 Å². The molecule has 5 aromatic rings. The lowest BCUT2D eigenvalue weighted by Gasteiger charge is -2.15. The van der Waals surface area contributed by atoms with Gasteiger partial charge in [-0.25, -0.2) is 13.2 Å². The van der Waals surface area contributed by atoms with Crippen LogP contribution in [-0.2, 0) is 0 Å². The third kappa shape index (κ3) is 3.11. The van der Waals surface area contributed by atoms with Crippen molar-refractivity contribution in [3.63, 3.8) is 0 Å². The van der Waals surface area contributed by atoms with Gasteiger partial charge >= 0.3 is 0 Å². The third-order valence-corrected chi connectivity index (χ3v) is 5.30. The minimum atomic E-state index is -2.51. The molecule has 2 aromatic carbocycles. The lowest BCUT2D eigenvalue weighted by Crippen LogP contribution is -2.14. The van der Waals surface area contributed by atoms with Gasteiger partial charge in [0.15, 0.2) is 0 Å². The summed E-state index contributed by atoms with van der Waals surface area (Å²) in [5, 5.41) is 8.01. The van der Waals surface area contributed by atoms with Crippen molar-refractivity contribution < 1.29 is 17.9 Å². The predicted octanol–water partition coefficient (Wildman–Crippen LogP) is 4.37. The number of H-pyrrole nitrogens is 2. The largest absolute Gasteiger partial charge is 0.491 e. The maximum absolute atomic E-state index is 14.2. The molecule has 0 saturated carbocycles. The molecular weight excluding hydrogens is 423 g/mol. The molecule has 3 aromatic heterocycles. The fraction of sp³-hybridized carbons (Fsp3) is 0.136. The molecule has 10 heteroatoms. The van der Waals surface area contributed by atoms with E-state index < -0.39 is 24.2 Å². The quantitative estimate of drug-likeness (QED) is 0.352. The summed E-state index contributed by atoms with van der Waals surface area (Å²) in [6, 6.07) is 7.80. The number of nitrogens with two attached hydrogens (primary N) is 1. The number of nitrogens with zero attached hydrogens (tertiary/aromatic N) is 2. The molecule has 0 bridgehead atoms. The summed E-state index contributed by atoms with van der Waals surface area (Å²) >= 11 is 0. The molecule has 32 heavy (non-hydrogen) atoms. The fourth-order valence-corrected chi connectivity index (χ4v) is 3.87. The van der Waals surface area contributed by atoms with E-state index in [1.807, 2.05) is 0 Å². The molecule has 0 unspecified atom stereocenters. The van der Waals surface area contributed by atoms with Crippen LogP contribution in [0.5, 0.6) is 5.75 Å². The molecule has 0 aliphatic heterocycles. The van der Waals surface area contributed by atoms with E-state index in [1.165, 1.54) is 18.3 Å². The molecule has 0 spiro atoms. The van der Waals surface area contributed by atoms with Crippen LogP contribution in [0.3, 0.4) is 0 Å². The van der Waals surface area contributed by atoms with Gasteiger partial charge < -0.3 is 15.5 Å². The SMILES string of the molecule is Nc1c(-c2ccc(F)c3[nH]ncc23)c2cc(OCCC(F)F)c3ncccc3c2[nH]c1=O. The first-order chi connectivity index (χ1) is 15.5. The first-order valence-electron chi connectivity index (χ1n) is 9.71. The first-order valence-corrected chi connectivity index (χ1v) is 9.71. The highest BCUT2D eigenvalue weighted by molar-refractivity contribution is 6.15. The average molecular weight is 439 g/mol. The maximum Gasteiger partial charge on any atom is 0.272 e. The fourth-order valence-electron chi connectivity index (χ4n) is 3.87. The second-order valence-electron chi connectivity index (χ2n) is 7.22. The number of benzene rings is 2.